The Balaban J connectivity index is 1.54. The van der Waals surface area contributed by atoms with Crippen molar-refractivity contribution < 1.29 is 15.0 Å². The molecule has 6 heteroatoms. The first-order chi connectivity index (χ1) is 13.3. The largest absolute Gasteiger partial charge is 0.507 e. The normalized spacial score (nSPS) is 20.1. The number of amides is 1. The number of anilines is 1. The minimum absolute atomic E-state index is 0.0252. The van der Waals surface area contributed by atoms with E-state index in [1.54, 1.807) is 6.07 Å². The molecule has 0 aromatic heterocycles. The number of aliphatic hydroxyl groups is 1. The van der Waals surface area contributed by atoms with Crippen LogP contribution in [-0.2, 0) is 0 Å². The second-order valence-corrected chi connectivity index (χ2v) is 7.68. The van der Waals surface area contributed by atoms with Gasteiger partial charge in [0.2, 0.25) is 0 Å². The highest BCUT2D eigenvalue weighted by atomic mass is 16.3. The Morgan fingerprint density at radius 1 is 1.25 bits per heavy atom. The van der Waals surface area contributed by atoms with Crippen molar-refractivity contribution in [3.8, 4) is 5.75 Å². The minimum atomic E-state index is -0.771. The fourth-order valence-corrected chi connectivity index (χ4v) is 3.84. The average Bonchev–Trinajstić information content (AvgIpc) is 3.15. The number of benzene rings is 2. The van der Waals surface area contributed by atoms with Crippen molar-refractivity contribution in [2.75, 3.05) is 18.5 Å². The van der Waals surface area contributed by atoms with Gasteiger partial charge in [-0.3, -0.25) is 4.79 Å². The van der Waals surface area contributed by atoms with Crippen LogP contribution in [-0.4, -0.2) is 41.8 Å². The fourth-order valence-electron chi connectivity index (χ4n) is 3.84. The first kappa shape index (κ1) is 20.2. The topological polar surface area (TPSA) is 98.8 Å². The van der Waals surface area contributed by atoms with Gasteiger partial charge in [0, 0.05) is 31.4 Å². The van der Waals surface area contributed by atoms with Crippen LogP contribution >= 0.6 is 0 Å². The van der Waals surface area contributed by atoms with Crippen molar-refractivity contribution in [2.45, 2.75) is 44.4 Å². The van der Waals surface area contributed by atoms with Crippen LogP contribution in [0.4, 0.5) is 5.69 Å². The molecule has 1 amide bonds. The molecule has 2 aromatic rings. The summed E-state index contributed by atoms with van der Waals surface area (Å²) in [5, 5.41) is 23.6. The predicted octanol–water partition coefficient (Wildman–Crippen LogP) is 2.48. The third kappa shape index (κ3) is 4.64. The SMILES string of the molecule is Cc1ccc(N(C)C2CCC(NCC(O)c3ccc(O)c(C(N)=O)c3)C2)cc1. The summed E-state index contributed by atoms with van der Waals surface area (Å²) in [5.41, 5.74) is 8.32. The van der Waals surface area contributed by atoms with E-state index >= 15 is 0 Å². The molecular weight excluding hydrogens is 354 g/mol. The number of carbonyl (C=O) groups excluding carboxylic acids is 1. The Hall–Kier alpha value is -2.57. The van der Waals surface area contributed by atoms with Crippen molar-refractivity contribution in [3.05, 3.63) is 59.2 Å². The molecule has 0 bridgehead atoms. The number of nitrogens with two attached hydrogens (primary N) is 1. The van der Waals surface area contributed by atoms with E-state index in [4.69, 9.17) is 5.73 Å². The van der Waals surface area contributed by atoms with E-state index in [1.165, 1.54) is 23.4 Å². The highest BCUT2D eigenvalue weighted by Gasteiger charge is 2.28. The van der Waals surface area contributed by atoms with Gasteiger partial charge in [-0.2, -0.15) is 0 Å². The summed E-state index contributed by atoms with van der Waals surface area (Å²) in [6, 6.07) is 13.8. The van der Waals surface area contributed by atoms with Crippen LogP contribution in [0, 0.1) is 6.92 Å². The van der Waals surface area contributed by atoms with Crippen LogP contribution < -0.4 is 16.0 Å². The van der Waals surface area contributed by atoms with Gasteiger partial charge in [-0.05, 0) is 56.0 Å². The number of aliphatic hydroxyl groups excluding tert-OH is 1. The van der Waals surface area contributed by atoms with Gasteiger partial charge >= 0.3 is 0 Å². The maximum absolute atomic E-state index is 11.4. The molecule has 1 aliphatic rings. The Labute approximate surface area is 166 Å². The van der Waals surface area contributed by atoms with Crippen LogP contribution in [0.25, 0.3) is 0 Å². The highest BCUT2D eigenvalue weighted by molar-refractivity contribution is 5.95. The molecule has 3 unspecified atom stereocenters. The third-order valence-corrected chi connectivity index (χ3v) is 5.66. The third-order valence-electron chi connectivity index (χ3n) is 5.66. The number of nitrogens with zero attached hydrogens (tertiary/aromatic N) is 1. The van der Waals surface area contributed by atoms with Gasteiger partial charge in [-0.1, -0.05) is 23.8 Å². The maximum Gasteiger partial charge on any atom is 0.252 e. The summed E-state index contributed by atoms with van der Waals surface area (Å²) >= 11 is 0. The first-order valence-corrected chi connectivity index (χ1v) is 9.69. The van der Waals surface area contributed by atoms with Crippen molar-refractivity contribution in [1.29, 1.82) is 0 Å². The van der Waals surface area contributed by atoms with Crippen LogP contribution in [0.15, 0.2) is 42.5 Å². The lowest BCUT2D eigenvalue weighted by molar-refractivity contribution is 0.0997. The van der Waals surface area contributed by atoms with Crippen LogP contribution in [0.1, 0.15) is 46.9 Å². The summed E-state index contributed by atoms with van der Waals surface area (Å²) in [5.74, 6) is -0.883. The summed E-state index contributed by atoms with van der Waals surface area (Å²) < 4.78 is 0. The molecule has 150 valence electrons. The maximum atomic E-state index is 11.4. The summed E-state index contributed by atoms with van der Waals surface area (Å²) in [7, 11) is 2.13. The number of carbonyl (C=O) groups is 1. The quantitative estimate of drug-likeness (QED) is 0.589. The molecule has 1 saturated carbocycles. The number of hydrogen-bond acceptors (Lipinski definition) is 5. The van der Waals surface area contributed by atoms with Gasteiger partial charge < -0.3 is 26.2 Å². The number of nitrogens with one attached hydrogen (secondary N) is 1. The zero-order chi connectivity index (χ0) is 20.3. The molecule has 1 aliphatic carbocycles. The van der Waals surface area contributed by atoms with E-state index in [1.807, 2.05) is 0 Å². The number of primary amides is 1. The van der Waals surface area contributed by atoms with Crippen molar-refractivity contribution >= 4 is 11.6 Å². The molecule has 3 atom stereocenters. The molecule has 0 aliphatic heterocycles. The Morgan fingerprint density at radius 3 is 2.64 bits per heavy atom. The number of hydrogen-bond donors (Lipinski definition) is 4. The predicted molar refractivity (Wildman–Crippen MR) is 111 cm³/mol. The molecule has 0 spiro atoms. The van der Waals surface area contributed by atoms with Gasteiger partial charge in [-0.15, -0.1) is 0 Å². The molecule has 0 radical (unpaired) electrons. The van der Waals surface area contributed by atoms with Gasteiger partial charge in [0.15, 0.2) is 0 Å². The molecule has 3 rings (SSSR count). The second-order valence-electron chi connectivity index (χ2n) is 7.68. The second kappa shape index (κ2) is 8.63. The average molecular weight is 383 g/mol. The zero-order valence-electron chi connectivity index (χ0n) is 16.4. The summed E-state index contributed by atoms with van der Waals surface area (Å²) in [6.07, 6.45) is 2.39. The molecule has 0 heterocycles. The van der Waals surface area contributed by atoms with Crippen molar-refractivity contribution in [2.24, 2.45) is 5.73 Å². The summed E-state index contributed by atoms with van der Waals surface area (Å²) in [6.45, 7) is 2.47. The number of phenols is 1. The van der Waals surface area contributed by atoms with E-state index in [9.17, 15) is 15.0 Å². The molecule has 2 aromatic carbocycles. The minimum Gasteiger partial charge on any atom is -0.507 e. The molecule has 1 fully saturated rings. The first-order valence-electron chi connectivity index (χ1n) is 9.69. The monoisotopic (exact) mass is 383 g/mol. The lowest BCUT2D eigenvalue weighted by atomic mass is 10.0. The number of aryl methyl sites for hydroxylation is 1. The van der Waals surface area contributed by atoms with Gasteiger partial charge in [0.25, 0.3) is 5.91 Å². The van der Waals surface area contributed by atoms with Crippen molar-refractivity contribution in [3.63, 3.8) is 0 Å². The Morgan fingerprint density at radius 2 is 1.96 bits per heavy atom. The molecule has 28 heavy (non-hydrogen) atoms. The Kier molecular flexibility index (Phi) is 6.21. The fraction of sp³-hybridized carbons (Fsp3) is 0.409. The lowest BCUT2D eigenvalue weighted by Crippen LogP contribution is -2.34. The van der Waals surface area contributed by atoms with E-state index in [0.29, 0.717) is 24.2 Å². The van der Waals surface area contributed by atoms with E-state index < -0.39 is 12.0 Å². The van der Waals surface area contributed by atoms with Gasteiger partial charge in [0.05, 0.1) is 11.7 Å². The highest BCUT2D eigenvalue weighted by Crippen LogP contribution is 2.28. The molecule has 6 nitrogen and oxygen atoms in total. The van der Waals surface area contributed by atoms with Crippen LogP contribution in [0.3, 0.4) is 0 Å². The van der Waals surface area contributed by atoms with E-state index in [2.05, 4.69) is 48.5 Å². The van der Waals surface area contributed by atoms with Gasteiger partial charge in [0.1, 0.15) is 5.75 Å². The smallest absolute Gasteiger partial charge is 0.252 e. The van der Waals surface area contributed by atoms with Gasteiger partial charge in [-0.25, -0.2) is 0 Å². The van der Waals surface area contributed by atoms with Crippen LogP contribution in [0.2, 0.25) is 0 Å². The van der Waals surface area contributed by atoms with E-state index in [0.717, 1.165) is 19.3 Å². The molecule has 5 N–H and O–H groups in total. The lowest BCUT2D eigenvalue weighted by Gasteiger charge is -2.27. The van der Waals surface area contributed by atoms with Crippen molar-refractivity contribution in [1.82, 2.24) is 5.32 Å². The zero-order valence-corrected chi connectivity index (χ0v) is 16.4. The number of rotatable bonds is 7. The molecule has 0 saturated heterocycles. The molecular formula is C22H29N3O3. The van der Waals surface area contributed by atoms with Crippen LogP contribution in [0.5, 0.6) is 5.75 Å². The number of aromatic hydroxyl groups is 1. The Bertz CT molecular complexity index is 822. The summed E-state index contributed by atoms with van der Waals surface area (Å²) in [4.78, 5) is 13.7. The van der Waals surface area contributed by atoms with E-state index in [-0.39, 0.29) is 11.3 Å². The standard InChI is InChI=1S/C22H29N3O3/c1-14-3-7-17(8-4-14)25(2)18-9-6-16(12-18)24-13-21(27)15-5-10-20(26)19(11-15)22(23)28/h3-5,7-8,10-11,16,18,21,24,26-27H,6,9,12-13H2,1-2H3,(H2,23,28).